The van der Waals surface area contributed by atoms with Gasteiger partial charge in [-0.1, -0.05) is 38.1 Å². The average molecular weight is 261 g/mol. The summed E-state index contributed by atoms with van der Waals surface area (Å²) in [4.78, 5) is 2.45. The minimum absolute atomic E-state index is 0.311. The Labute approximate surface area is 117 Å². The molecule has 2 heteroatoms. The van der Waals surface area contributed by atoms with E-state index in [1.165, 1.54) is 31.5 Å². The van der Waals surface area contributed by atoms with Gasteiger partial charge in [-0.05, 0) is 55.8 Å². The van der Waals surface area contributed by atoms with E-state index < -0.39 is 0 Å². The number of nitrogens with zero attached hydrogens (tertiary/aromatic N) is 1. The lowest BCUT2D eigenvalue weighted by molar-refractivity contribution is 0.149. The third kappa shape index (κ3) is 4.63. The van der Waals surface area contributed by atoms with E-state index in [1.807, 2.05) is 0 Å². The summed E-state index contributed by atoms with van der Waals surface area (Å²) in [6.45, 7) is 7.91. The number of aliphatic hydroxyl groups is 1. The minimum atomic E-state index is -0.311. The lowest BCUT2D eigenvalue weighted by Gasteiger charge is -2.18. The molecule has 0 aromatic heterocycles. The van der Waals surface area contributed by atoms with Gasteiger partial charge in [0.15, 0.2) is 0 Å². The first-order valence-corrected chi connectivity index (χ1v) is 7.64. The number of hydrogen-bond donors (Lipinski definition) is 1. The van der Waals surface area contributed by atoms with Crippen molar-refractivity contribution in [1.82, 2.24) is 4.90 Å². The summed E-state index contributed by atoms with van der Waals surface area (Å²) in [6.07, 6.45) is 4.29. The normalized spacial score (nSPS) is 18.1. The predicted molar refractivity (Wildman–Crippen MR) is 80.2 cm³/mol. The molecule has 0 radical (unpaired) electrons. The van der Waals surface area contributed by atoms with Crippen molar-refractivity contribution in [3.63, 3.8) is 0 Å². The van der Waals surface area contributed by atoms with Crippen LogP contribution in [-0.2, 0) is 6.42 Å². The fourth-order valence-corrected chi connectivity index (χ4v) is 2.83. The van der Waals surface area contributed by atoms with E-state index in [1.54, 1.807) is 0 Å². The molecule has 1 unspecified atom stereocenters. The molecule has 1 saturated heterocycles. The molecule has 0 spiro atoms. The quantitative estimate of drug-likeness (QED) is 0.848. The fraction of sp³-hybridized carbons (Fsp3) is 0.647. The highest BCUT2D eigenvalue weighted by Gasteiger charge is 2.14. The van der Waals surface area contributed by atoms with Crippen LogP contribution in [0, 0.1) is 5.92 Å². The van der Waals surface area contributed by atoms with E-state index in [0.29, 0.717) is 5.92 Å². The second-order valence-corrected chi connectivity index (χ2v) is 6.19. The highest BCUT2D eigenvalue weighted by Crippen LogP contribution is 2.20. The molecule has 19 heavy (non-hydrogen) atoms. The standard InChI is InChI=1S/C17H27NO/c1-14(2)13-15-5-7-16(8-6-15)17(19)9-12-18-10-3-4-11-18/h5-8,14,17,19H,3-4,9-13H2,1-2H3. The Morgan fingerprint density at radius 1 is 1.11 bits per heavy atom. The Balaban J connectivity index is 1.82. The summed E-state index contributed by atoms with van der Waals surface area (Å²) >= 11 is 0. The Morgan fingerprint density at radius 3 is 2.32 bits per heavy atom. The van der Waals surface area contributed by atoms with E-state index in [2.05, 4.69) is 43.0 Å². The monoisotopic (exact) mass is 261 g/mol. The van der Waals surface area contributed by atoms with Crippen LogP contribution in [0.3, 0.4) is 0 Å². The van der Waals surface area contributed by atoms with Gasteiger partial charge < -0.3 is 10.0 Å². The highest BCUT2D eigenvalue weighted by atomic mass is 16.3. The maximum atomic E-state index is 10.2. The smallest absolute Gasteiger partial charge is 0.0802 e. The van der Waals surface area contributed by atoms with Crippen LogP contribution in [0.5, 0.6) is 0 Å². The minimum Gasteiger partial charge on any atom is -0.388 e. The fourth-order valence-electron chi connectivity index (χ4n) is 2.83. The molecule has 1 aromatic carbocycles. The predicted octanol–water partition coefficient (Wildman–Crippen LogP) is 3.40. The van der Waals surface area contributed by atoms with E-state index in [4.69, 9.17) is 0 Å². The first-order chi connectivity index (χ1) is 9.15. The lowest BCUT2D eigenvalue weighted by Crippen LogP contribution is -2.22. The summed E-state index contributed by atoms with van der Waals surface area (Å²) in [5.74, 6) is 0.686. The SMILES string of the molecule is CC(C)Cc1ccc(C(O)CCN2CCCC2)cc1. The van der Waals surface area contributed by atoms with Crippen LogP contribution < -0.4 is 0 Å². The van der Waals surface area contributed by atoms with Crippen LogP contribution in [0.2, 0.25) is 0 Å². The van der Waals surface area contributed by atoms with Crippen molar-refractivity contribution < 1.29 is 5.11 Å². The number of rotatable bonds is 6. The summed E-state index contributed by atoms with van der Waals surface area (Å²) in [5, 5.41) is 10.2. The van der Waals surface area contributed by atoms with Crippen molar-refractivity contribution in [2.45, 2.75) is 45.6 Å². The van der Waals surface area contributed by atoms with Gasteiger partial charge in [-0.15, -0.1) is 0 Å². The zero-order chi connectivity index (χ0) is 13.7. The van der Waals surface area contributed by atoms with Gasteiger partial charge in [0.2, 0.25) is 0 Å². The zero-order valence-electron chi connectivity index (χ0n) is 12.3. The summed E-state index contributed by atoms with van der Waals surface area (Å²) in [5.41, 5.74) is 2.43. The third-order valence-corrected chi connectivity index (χ3v) is 3.93. The van der Waals surface area contributed by atoms with E-state index >= 15 is 0 Å². The molecule has 1 aliphatic heterocycles. The molecule has 0 aliphatic carbocycles. The largest absolute Gasteiger partial charge is 0.388 e. The van der Waals surface area contributed by atoms with Crippen molar-refractivity contribution >= 4 is 0 Å². The number of hydrogen-bond acceptors (Lipinski definition) is 2. The molecule has 106 valence electrons. The first kappa shape index (κ1) is 14.5. The Morgan fingerprint density at radius 2 is 1.74 bits per heavy atom. The second kappa shape index (κ2) is 7.06. The van der Waals surface area contributed by atoms with Crippen molar-refractivity contribution in [3.05, 3.63) is 35.4 Å². The number of benzene rings is 1. The van der Waals surface area contributed by atoms with E-state index in [0.717, 1.165) is 24.9 Å². The van der Waals surface area contributed by atoms with Crippen LogP contribution in [-0.4, -0.2) is 29.6 Å². The van der Waals surface area contributed by atoms with Crippen molar-refractivity contribution in [3.8, 4) is 0 Å². The molecule has 0 saturated carbocycles. The lowest BCUT2D eigenvalue weighted by atomic mass is 9.99. The van der Waals surface area contributed by atoms with Crippen LogP contribution in [0.4, 0.5) is 0 Å². The molecular formula is C17H27NO. The van der Waals surface area contributed by atoms with Gasteiger partial charge in [-0.2, -0.15) is 0 Å². The summed E-state index contributed by atoms with van der Waals surface area (Å²) in [6, 6.07) is 8.50. The molecule has 1 N–H and O–H groups in total. The van der Waals surface area contributed by atoms with E-state index in [-0.39, 0.29) is 6.10 Å². The van der Waals surface area contributed by atoms with Crippen LogP contribution in [0.1, 0.15) is 50.3 Å². The average Bonchev–Trinajstić information content (AvgIpc) is 2.89. The van der Waals surface area contributed by atoms with E-state index in [9.17, 15) is 5.11 Å². The van der Waals surface area contributed by atoms with Gasteiger partial charge in [-0.25, -0.2) is 0 Å². The maximum absolute atomic E-state index is 10.2. The molecule has 1 fully saturated rings. The molecule has 1 atom stereocenters. The van der Waals surface area contributed by atoms with Gasteiger partial charge >= 0.3 is 0 Å². The molecule has 1 heterocycles. The molecular weight excluding hydrogens is 234 g/mol. The molecule has 2 nitrogen and oxygen atoms in total. The second-order valence-electron chi connectivity index (χ2n) is 6.19. The topological polar surface area (TPSA) is 23.5 Å². The molecule has 2 rings (SSSR count). The van der Waals surface area contributed by atoms with Gasteiger partial charge in [0.25, 0.3) is 0 Å². The van der Waals surface area contributed by atoms with Gasteiger partial charge in [0.1, 0.15) is 0 Å². The van der Waals surface area contributed by atoms with Crippen molar-refractivity contribution in [1.29, 1.82) is 0 Å². The maximum Gasteiger partial charge on any atom is 0.0802 e. The Kier molecular flexibility index (Phi) is 5.41. The van der Waals surface area contributed by atoms with Crippen LogP contribution in [0.15, 0.2) is 24.3 Å². The van der Waals surface area contributed by atoms with Gasteiger partial charge in [0, 0.05) is 6.54 Å². The summed E-state index contributed by atoms with van der Waals surface area (Å²) in [7, 11) is 0. The Bertz CT molecular complexity index is 365. The van der Waals surface area contributed by atoms with Crippen molar-refractivity contribution in [2.24, 2.45) is 5.92 Å². The molecule has 1 aromatic rings. The van der Waals surface area contributed by atoms with Gasteiger partial charge in [-0.3, -0.25) is 0 Å². The third-order valence-electron chi connectivity index (χ3n) is 3.93. The first-order valence-electron chi connectivity index (χ1n) is 7.64. The molecule has 1 aliphatic rings. The van der Waals surface area contributed by atoms with Crippen LogP contribution >= 0.6 is 0 Å². The zero-order valence-corrected chi connectivity index (χ0v) is 12.3. The summed E-state index contributed by atoms with van der Waals surface area (Å²) < 4.78 is 0. The van der Waals surface area contributed by atoms with Gasteiger partial charge in [0.05, 0.1) is 6.10 Å². The highest BCUT2D eigenvalue weighted by molar-refractivity contribution is 5.24. The number of likely N-dealkylation sites (tertiary alicyclic amines) is 1. The van der Waals surface area contributed by atoms with Crippen molar-refractivity contribution in [2.75, 3.05) is 19.6 Å². The van der Waals surface area contributed by atoms with Crippen LogP contribution in [0.25, 0.3) is 0 Å². The Hall–Kier alpha value is -0.860. The number of aliphatic hydroxyl groups excluding tert-OH is 1. The molecule has 0 bridgehead atoms. The molecule has 0 amide bonds.